The highest BCUT2D eigenvalue weighted by Gasteiger charge is 2.41. The minimum absolute atomic E-state index is 0.107. The van der Waals surface area contributed by atoms with Crippen molar-refractivity contribution in [2.24, 2.45) is 0 Å². The van der Waals surface area contributed by atoms with E-state index < -0.39 is 0 Å². The second-order valence-corrected chi connectivity index (χ2v) is 7.26. The van der Waals surface area contributed by atoms with Crippen LogP contribution in [0.4, 0.5) is 0 Å². The Morgan fingerprint density at radius 2 is 2.50 bits per heavy atom. The maximum absolute atomic E-state index is 6.07. The van der Waals surface area contributed by atoms with Crippen LogP contribution in [0.15, 0.2) is 6.33 Å². The molecule has 0 aliphatic carbocycles. The van der Waals surface area contributed by atoms with Crippen LogP contribution in [0.25, 0.3) is 0 Å². The highest BCUT2D eigenvalue weighted by atomic mass is 32.2. The summed E-state index contributed by atoms with van der Waals surface area (Å²) in [6.45, 7) is 5.87. The largest absolute Gasteiger partial charge is 0.374 e. The van der Waals surface area contributed by atoms with Gasteiger partial charge in [0.2, 0.25) is 0 Å². The highest BCUT2D eigenvalue weighted by molar-refractivity contribution is 7.99. The van der Waals surface area contributed by atoms with E-state index in [2.05, 4.69) is 33.9 Å². The lowest BCUT2D eigenvalue weighted by Gasteiger charge is -2.37. The Morgan fingerprint density at radius 3 is 3.25 bits per heavy atom. The van der Waals surface area contributed by atoms with Gasteiger partial charge < -0.3 is 10.1 Å². The first-order valence-corrected chi connectivity index (χ1v) is 8.67. The second-order valence-electron chi connectivity index (χ2n) is 6.16. The zero-order valence-corrected chi connectivity index (χ0v) is 13.2. The molecule has 1 spiro atoms. The lowest BCUT2D eigenvalue weighted by atomic mass is 9.90. The number of aromatic nitrogens is 3. The summed E-state index contributed by atoms with van der Waals surface area (Å²) in [4.78, 5) is 4.42. The molecule has 3 rings (SSSR count). The quantitative estimate of drug-likeness (QED) is 0.921. The molecular weight excluding hydrogens is 272 g/mol. The van der Waals surface area contributed by atoms with Crippen molar-refractivity contribution >= 4 is 11.8 Å². The summed E-state index contributed by atoms with van der Waals surface area (Å²) in [5.41, 5.74) is 0.107. The van der Waals surface area contributed by atoms with Crippen LogP contribution in [-0.4, -0.2) is 44.5 Å². The van der Waals surface area contributed by atoms with Crippen LogP contribution >= 0.6 is 11.8 Å². The summed E-state index contributed by atoms with van der Waals surface area (Å²) < 4.78 is 8.13. The van der Waals surface area contributed by atoms with Crippen molar-refractivity contribution in [3.63, 3.8) is 0 Å². The Balaban J connectivity index is 1.63. The molecule has 0 bridgehead atoms. The molecule has 2 fully saturated rings. The first kappa shape index (κ1) is 14.4. The van der Waals surface area contributed by atoms with E-state index in [1.54, 1.807) is 0 Å². The number of thioether (sulfide) groups is 1. The molecule has 3 heterocycles. The van der Waals surface area contributed by atoms with E-state index in [0.29, 0.717) is 12.1 Å². The van der Waals surface area contributed by atoms with Gasteiger partial charge in [0.25, 0.3) is 0 Å². The van der Waals surface area contributed by atoms with Crippen molar-refractivity contribution < 1.29 is 4.74 Å². The molecule has 2 aliphatic rings. The van der Waals surface area contributed by atoms with E-state index >= 15 is 0 Å². The molecule has 2 aliphatic heterocycles. The summed E-state index contributed by atoms with van der Waals surface area (Å²) in [5.74, 6) is 3.26. The second kappa shape index (κ2) is 6.03. The van der Waals surface area contributed by atoms with Gasteiger partial charge in [0.15, 0.2) is 5.82 Å². The van der Waals surface area contributed by atoms with Gasteiger partial charge in [-0.25, -0.2) is 9.67 Å². The Kier molecular flexibility index (Phi) is 4.33. The van der Waals surface area contributed by atoms with Gasteiger partial charge >= 0.3 is 0 Å². The third-order valence-corrected chi connectivity index (χ3v) is 5.36. The summed E-state index contributed by atoms with van der Waals surface area (Å²) in [6, 6.07) is 0.909. The SMILES string of the molecule is CC(C)NCc1ncn(C2CCOC3(CCSC3)C2)n1. The predicted molar refractivity (Wildman–Crippen MR) is 80.9 cm³/mol. The van der Waals surface area contributed by atoms with Crippen molar-refractivity contribution in [2.45, 2.75) is 57.3 Å². The van der Waals surface area contributed by atoms with Crippen molar-refractivity contribution in [2.75, 3.05) is 18.1 Å². The van der Waals surface area contributed by atoms with Gasteiger partial charge in [0, 0.05) is 18.4 Å². The number of ether oxygens (including phenoxy) is 1. The van der Waals surface area contributed by atoms with Crippen LogP contribution in [0.5, 0.6) is 0 Å². The molecule has 0 amide bonds. The summed E-state index contributed by atoms with van der Waals surface area (Å²) in [6.07, 6.45) is 5.21. The van der Waals surface area contributed by atoms with Crippen LogP contribution in [0, 0.1) is 0 Å². The molecule has 112 valence electrons. The average Bonchev–Trinajstić information content (AvgIpc) is 3.06. The molecule has 0 aromatic carbocycles. The number of nitrogens with one attached hydrogen (secondary N) is 1. The molecule has 20 heavy (non-hydrogen) atoms. The molecule has 2 atom stereocenters. The molecule has 2 unspecified atom stereocenters. The Hall–Kier alpha value is -0.590. The fraction of sp³-hybridized carbons (Fsp3) is 0.857. The summed E-state index contributed by atoms with van der Waals surface area (Å²) >= 11 is 2.01. The van der Waals surface area contributed by atoms with Gasteiger partial charge in [0.1, 0.15) is 6.33 Å². The molecule has 6 heteroatoms. The van der Waals surface area contributed by atoms with Crippen molar-refractivity contribution in [3.8, 4) is 0 Å². The van der Waals surface area contributed by atoms with Gasteiger partial charge in [0.05, 0.1) is 18.2 Å². The molecule has 1 N–H and O–H groups in total. The van der Waals surface area contributed by atoms with E-state index in [-0.39, 0.29) is 5.60 Å². The number of rotatable bonds is 4. The molecule has 5 nitrogen and oxygen atoms in total. The van der Waals surface area contributed by atoms with Crippen LogP contribution in [0.1, 0.15) is 45.0 Å². The van der Waals surface area contributed by atoms with E-state index in [9.17, 15) is 0 Å². The van der Waals surface area contributed by atoms with Gasteiger partial charge in [-0.1, -0.05) is 13.8 Å². The minimum Gasteiger partial charge on any atom is -0.374 e. The monoisotopic (exact) mass is 296 g/mol. The molecule has 1 aromatic heterocycles. The minimum atomic E-state index is 0.107. The Morgan fingerprint density at radius 1 is 1.60 bits per heavy atom. The number of nitrogens with zero attached hydrogens (tertiary/aromatic N) is 3. The maximum atomic E-state index is 6.07. The fourth-order valence-corrected chi connectivity index (χ4v) is 4.33. The predicted octanol–water partition coefficient (Wildman–Crippen LogP) is 2.00. The lowest BCUT2D eigenvalue weighted by Crippen LogP contribution is -2.40. The standard InChI is InChI=1S/C14H24N4OS/c1-11(2)15-8-13-16-10-18(17-13)12-3-5-19-14(7-12)4-6-20-9-14/h10-12,15H,3-9H2,1-2H3. The van der Waals surface area contributed by atoms with Gasteiger partial charge in [-0.3, -0.25) is 0 Å². The normalized spacial score (nSPS) is 30.4. The van der Waals surface area contributed by atoms with Crippen LogP contribution < -0.4 is 5.32 Å². The van der Waals surface area contributed by atoms with E-state index in [1.807, 2.05) is 18.1 Å². The van der Waals surface area contributed by atoms with Crippen molar-refractivity contribution in [1.29, 1.82) is 0 Å². The van der Waals surface area contributed by atoms with Gasteiger partial charge in [-0.15, -0.1) is 0 Å². The van der Waals surface area contributed by atoms with E-state index in [0.717, 1.165) is 37.6 Å². The van der Waals surface area contributed by atoms with E-state index in [1.165, 1.54) is 12.2 Å². The van der Waals surface area contributed by atoms with Gasteiger partial charge in [-0.2, -0.15) is 16.9 Å². The Bertz CT molecular complexity index is 442. The fourth-order valence-electron chi connectivity index (χ4n) is 2.95. The molecule has 0 saturated carbocycles. The highest BCUT2D eigenvalue weighted by Crippen LogP contribution is 2.41. The first-order chi connectivity index (χ1) is 9.67. The zero-order chi connectivity index (χ0) is 14.0. The van der Waals surface area contributed by atoms with Crippen LogP contribution in [-0.2, 0) is 11.3 Å². The molecule has 0 radical (unpaired) electrons. The topological polar surface area (TPSA) is 52.0 Å². The van der Waals surface area contributed by atoms with Crippen LogP contribution in [0.3, 0.4) is 0 Å². The zero-order valence-electron chi connectivity index (χ0n) is 12.3. The molecule has 1 aromatic rings. The molecular formula is C14H24N4OS. The van der Waals surface area contributed by atoms with Crippen molar-refractivity contribution in [1.82, 2.24) is 20.1 Å². The first-order valence-electron chi connectivity index (χ1n) is 7.52. The van der Waals surface area contributed by atoms with Crippen molar-refractivity contribution in [3.05, 3.63) is 12.2 Å². The number of hydrogen-bond donors (Lipinski definition) is 1. The third kappa shape index (κ3) is 3.18. The maximum Gasteiger partial charge on any atom is 0.164 e. The lowest BCUT2D eigenvalue weighted by molar-refractivity contribution is -0.0779. The molecule has 2 saturated heterocycles. The third-order valence-electron chi connectivity index (χ3n) is 4.13. The average molecular weight is 296 g/mol. The van der Waals surface area contributed by atoms with Gasteiger partial charge in [-0.05, 0) is 25.0 Å². The summed E-state index contributed by atoms with van der Waals surface area (Å²) in [7, 11) is 0. The summed E-state index contributed by atoms with van der Waals surface area (Å²) in [5, 5.41) is 8.00. The number of hydrogen-bond acceptors (Lipinski definition) is 5. The smallest absolute Gasteiger partial charge is 0.164 e. The Labute approximate surface area is 124 Å². The van der Waals surface area contributed by atoms with E-state index in [4.69, 9.17) is 4.74 Å². The van der Waals surface area contributed by atoms with Crippen LogP contribution in [0.2, 0.25) is 0 Å².